The van der Waals surface area contributed by atoms with Crippen LogP contribution in [0.25, 0.3) is 110 Å². The van der Waals surface area contributed by atoms with Crippen molar-refractivity contribution in [1.82, 2.24) is 0 Å². The second-order valence-electron chi connectivity index (χ2n) is 17.2. The number of benzene rings is 11. The van der Waals surface area contributed by atoms with Crippen LogP contribution >= 0.6 is 0 Å². The second kappa shape index (κ2) is 15.6. The van der Waals surface area contributed by atoms with Crippen LogP contribution in [0.4, 0.5) is 0 Å². The first-order valence-corrected chi connectivity index (χ1v) is 22.1. The third-order valence-electron chi connectivity index (χ3n) is 13.5. The van der Waals surface area contributed by atoms with Gasteiger partial charge in [-0.15, -0.1) is 0 Å². The van der Waals surface area contributed by atoms with Crippen molar-refractivity contribution < 1.29 is 25.5 Å². The zero-order valence-corrected chi connectivity index (χ0v) is 36.6. The molecule has 0 atom stereocenters. The first-order valence-electron chi connectivity index (χ1n) is 22.1. The largest absolute Gasteiger partial charge is 0.504 e. The van der Waals surface area contributed by atoms with Gasteiger partial charge in [0.1, 0.15) is 0 Å². The van der Waals surface area contributed by atoms with Crippen LogP contribution < -0.4 is 0 Å². The summed E-state index contributed by atoms with van der Waals surface area (Å²) >= 11 is 0. The van der Waals surface area contributed by atoms with E-state index in [-0.39, 0.29) is 5.56 Å². The van der Waals surface area contributed by atoms with E-state index < -0.39 is 28.7 Å². The Balaban J connectivity index is 1.18. The van der Waals surface area contributed by atoms with Crippen LogP contribution in [-0.2, 0) is 0 Å². The van der Waals surface area contributed by atoms with E-state index in [9.17, 15) is 25.5 Å². The topological polar surface area (TPSA) is 101 Å². The highest BCUT2D eigenvalue weighted by Crippen LogP contribution is 2.57. The number of rotatable bonds is 6. The van der Waals surface area contributed by atoms with E-state index >= 15 is 0 Å². The smallest absolute Gasteiger partial charge is 0.208 e. The van der Waals surface area contributed by atoms with Crippen LogP contribution in [0.1, 0.15) is 16.7 Å². The number of aromatic hydroxyl groups is 5. The lowest BCUT2D eigenvalue weighted by molar-refractivity contribution is 0.330. The third-order valence-corrected chi connectivity index (χ3v) is 13.5. The van der Waals surface area contributed by atoms with Gasteiger partial charge in [0.15, 0.2) is 11.5 Å². The van der Waals surface area contributed by atoms with Crippen LogP contribution in [0.15, 0.2) is 182 Å². The average molecular weight is 857 g/mol. The summed E-state index contributed by atoms with van der Waals surface area (Å²) in [7, 11) is 0. The maximum absolute atomic E-state index is 11.1. The van der Waals surface area contributed by atoms with E-state index in [0.717, 1.165) is 60.3 Å². The molecule has 0 fully saturated rings. The fourth-order valence-corrected chi connectivity index (χ4v) is 10.3. The van der Waals surface area contributed by atoms with E-state index in [1.807, 2.05) is 30.3 Å². The Morgan fingerprint density at radius 3 is 1.38 bits per heavy atom. The molecule has 0 aliphatic carbocycles. The molecule has 0 radical (unpaired) electrons. The van der Waals surface area contributed by atoms with Crippen molar-refractivity contribution in [2.75, 3.05) is 0 Å². The molecule has 11 aromatic carbocycles. The van der Waals surface area contributed by atoms with E-state index in [0.29, 0.717) is 10.9 Å². The van der Waals surface area contributed by atoms with Gasteiger partial charge in [-0.2, -0.15) is 0 Å². The van der Waals surface area contributed by atoms with Crippen LogP contribution in [0, 0.1) is 20.8 Å². The van der Waals surface area contributed by atoms with Crippen molar-refractivity contribution >= 4 is 43.1 Å². The summed E-state index contributed by atoms with van der Waals surface area (Å²) in [6.07, 6.45) is 0. The van der Waals surface area contributed by atoms with Crippen molar-refractivity contribution in [2.45, 2.75) is 20.8 Å². The standard InChI is InChI=1S/C61H44O5/c1-34-14-4-6-17-40(34)42-23-13-24-43(36(42)3)41-28-27-39(32-35(41)2)54-48-21-10-11-22-49(48)55(52-29-26-38(33-53(52)54)45-25-12-16-37-15-5-7-18-44(37)45)50-30-31-51(47-20-9-8-19-46(47)50)56-57(62)59(64)61(66)60(65)58(56)63/h4-33,62-66H,1-3H3. The molecule has 66 heavy (non-hydrogen) atoms. The van der Waals surface area contributed by atoms with Crippen LogP contribution in [0.2, 0.25) is 0 Å². The molecule has 0 amide bonds. The fraction of sp³-hybridized carbons (Fsp3) is 0.0492. The van der Waals surface area contributed by atoms with Gasteiger partial charge in [-0.3, -0.25) is 0 Å². The van der Waals surface area contributed by atoms with Gasteiger partial charge in [-0.25, -0.2) is 0 Å². The quantitative estimate of drug-likeness (QED) is 0.0651. The molecule has 0 aromatic heterocycles. The second-order valence-corrected chi connectivity index (χ2v) is 17.2. The van der Waals surface area contributed by atoms with Gasteiger partial charge in [-0.1, -0.05) is 176 Å². The number of aryl methyl sites for hydroxylation is 2. The van der Waals surface area contributed by atoms with Crippen LogP contribution in [0.5, 0.6) is 28.7 Å². The molecule has 0 heterocycles. The van der Waals surface area contributed by atoms with Gasteiger partial charge >= 0.3 is 0 Å². The molecule has 318 valence electrons. The maximum atomic E-state index is 11.1. The maximum Gasteiger partial charge on any atom is 0.208 e. The zero-order valence-electron chi connectivity index (χ0n) is 36.6. The summed E-state index contributed by atoms with van der Waals surface area (Å²) in [5.74, 6) is -4.31. The van der Waals surface area contributed by atoms with Gasteiger partial charge in [0.2, 0.25) is 17.2 Å². The lowest BCUT2D eigenvalue weighted by atomic mass is 9.82. The first-order chi connectivity index (χ1) is 32.1. The molecule has 0 saturated heterocycles. The SMILES string of the molecule is Cc1ccccc1-c1cccc(-c2ccc(-c3c4ccccc4c(-c4ccc(-c5c(O)c(O)c(O)c(O)c5O)c5ccccc45)c4ccc(-c5cccc6ccccc56)cc34)cc2C)c1C. The third kappa shape index (κ3) is 6.23. The molecule has 0 unspecified atom stereocenters. The Kier molecular flexibility index (Phi) is 9.52. The first kappa shape index (κ1) is 40.2. The van der Waals surface area contributed by atoms with Crippen molar-refractivity contribution in [3.63, 3.8) is 0 Å². The minimum atomic E-state index is -0.997. The molecule has 0 saturated carbocycles. The average Bonchev–Trinajstić information content (AvgIpc) is 3.34. The van der Waals surface area contributed by atoms with Crippen LogP contribution in [-0.4, -0.2) is 25.5 Å². The van der Waals surface area contributed by atoms with Gasteiger partial charge in [0.25, 0.3) is 0 Å². The van der Waals surface area contributed by atoms with Crippen molar-refractivity contribution in [2.24, 2.45) is 0 Å². The Morgan fingerprint density at radius 2 is 0.712 bits per heavy atom. The minimum absolute atomic E-state index is 0.189. The summed E-state index contributed by atoms with van der Waals surface area (Å²) in [6, 6.07) is 63.7. The van der Waals surface area contributed by atoms with E-state index in [2.05, 4.69) is 166 Å². The Labute approximate surface area is 382 Å². The number of fused-ring (bicyclic) bond motifs is 4. The highest BCUT2D eigenvalue weighted by Gasteiger charge is 2.27. The molecule has 5 heteroatoms. The summed E-state index contributed by atoms with van der Waals surface area (Å²) in [6.45, 7) is 6.59. The van der Waals surface area contributed by atoms with Crippen LogP contribution in [0.3, 0.4) is 0 Å². The number of phenolic OH excluding ortho intramolecular Hbond substituents is 5. The number of hydrogen-bond acceptors (Lipinski definition) is 5. The van der Waals surface area contributed by atoms with Crippen molar-refractivity contribution in [3.8, 4) is 95.5 Å². The normalized spacial score (nSPS) is 11.6. The van der Waals surface area contributed by atoms with Gasteiger partial charge < -0.3 is 25.5 Å². The van der Waals surface area contributed by atoms with Crippen molar-refractivity contribution in [1.29, 1.82) is 0 Å². The molecule has 5 N–H and O–H groups in total. The fourth-order valence-electron chi connectivity index (χ4n) is 10.3. The Bertz CT molecular complexity index is 3770. The zero-order chi connectivity index (χ0) is 45.4. The molecular weight excluding hydrogens is 813 g/mol. The summed E-state index contributed by atoms with van der Waals surface area (Å²) in [4.78, 5) is 0. The summed E-state index contributed by atoms with van der Waals surface area (Å²) in [5, 5.41) is 61.6. The van der Waals surface area contributed by atoms with E-state index in [4.69, 9.17) is 0 Å². The highest BCUT2D eigenvalue weighted by atomic mass is 16.4. The molecule has 5 nitrogen and oxygen atoms in total. The predicted octanol–water partition coefficient (Wildman–Crippen LogP) is 15.8. The number of hydrogen-bond donors (Lipinski definition) is 5. The molecule has 0 aliphatic rings. The van der Waals surface area contributed by atoms with Gasteiger partial charge in [0, 0.05) is 0 Å². The van der Waals surface area contributed by atoms with Gasteiger partial charge in [0.05, 0.1) is 5.56 Å². The minimum Gasteiger partial charge on any atom is -0.504 e. The molecular formula is C61H44O5. The lowest BCUT2D eigenvalue weighted by Crippen LogP contribution is -1.95. The van der Waals surface area contributed by atoms with E-state index in [1.54, 1.807) is 6.07 Å². The Hall–Kier alpha value is -8.54. The summed E-state index contributed by atoms with van der Waals surface area (Å²) < 4.78 is 0. The molecule has 11 aromatic rings. The molecule has 11 rings (SSSR count). The van der Waals surface area contributed by atoms with Gasteiger partial charge in [-0.05, 0) is 148 Å². The predicted molar refractivity (Wildman–Crippen MR) is 272 cm³/mol. The molecule has 0 aliphatic heterocycles. The lowest BCUT2D eigenvalue weighted by Gasteiger charge is -2.22. The monoisotopic (exact) mass is 856 g/mol. The van der Waals surface area contributed by atoms with E-state index in [1.165, 1.54) is 49.7 Å². The molecule has 0 spiro atoms. The number of phenols is 5. The summed E-state index contributed by atoms with van der Waals surface area (Å²) in [5.41, 5.74) is 15.1. The Morgan fingerprint density at radius 1 is 0.258 bits per heavy atom. The highest BCUT2D eigenvalue weighted by molar-refractivity contribution is 6.25. The van der Waals surface area contributed by atoms with Crippen molar-refractivity contribution in [3.05, 3.63) is 199 Å². The molecule has 0 bridgehead atoms.